The third-order valence-electron chi connectivity index (χ3n) is 3.18. The monoisotopic (exact) mass is 316 g/mol. The number of rotatable bonds is 4. The maximum atomic E-state index is 11.8. The summed E-state index contributed by atoms with van der Waals surface area (Å²) in [6.07, 6.45) is 2.95. The lowest BCUT2D eigenvalue weighted by Gasteiger charge is -1.97. The highest BCUT2D eigenvalue weighted by atomic mass is 16.3. The largest absolute Gasteiger partial charge is 0.455 e. The van der Waals surface area contributed by atoms with Crippen LogP contribution in [0.25, 0.3) is 11.3 Å². The van der Waals surface area contributed by atoms with Gasteiger partial charge in [-0.25, -0.2) is 5.43 Å². The van der Waals surface area contributed by atoms with Gasteiger partial charge in [-0.1, -0.05) is 6.07 Å². The van der Waals surface area contributed by atoms with Crippen LogP contribution in [0.2, 0.25) is 0 Å². The Bertz CT molecular complexity index is 906. The maximum absolute atomic E-state index is 11.8. The molecule has 0 saturated carbocycles. The number of carbonyl (C=O) groups excluding carboxylic acids is 1. The molecule has 2 heterocycles. The molecule has 0 saturated heterocycles. The molecule has 6 nitrogen and oxygen atoms in total. The molecular weight excluding hydrogens is 304 g/mol. The van der Waals surface area contributed by atoms with Crippen LogP contribution in [0.3, 0.4) is 0 Å². The molecule has 0 aliphatic rings. The topological polar surface area (TPSA) is 91.3 Å². The highest BCUT2D eigenvalue weighted by Crippen LogP contribution is 2.21. The number of hydrogen-bond donors (Lipinski definition) is 1. The Labute approximate surface area is 138 Å². The molecule has 6 heteroatoms. The molecule has 3 aromatic rings. The Morgan fingerprint density at radius 1 is 1.17 bits per heavy atom. The van der Waals surface area contributed by atoms with E-state index in [1.54, 1.807) is 54.6 Å². The highest BCUT2D eigenvalue weighted by Gasteiger charge is 2.05. The molecular formula is C18H12N4O2. The van der Waals surface area contributed by atoms with Crippen LogP contribution in [0, 0.1) is 11.3 Å². The van der Waals surface area contributed by atoms with Crippen molar-refractivity contribution in [3.05, 3.63) is 77.8 Å². The van der Waals surface area contributed by atoms with E-state index in [1.165, 1.54) is 12.4 Å². The molecule has 2 aromatic heterocycles. The first-order valence-electron chi connectivity index (χ1n) is 7.11. The summed E-state index contributed by atoms with van der Waals surface area (Å²) < 4.78 is 5.63. The minimum atomic E-state index is -0.397. The third kappa shape index (κ3) is 3.54. The second-order valence-electron chi connectivity index (χ2n) is 4.81. The zero-order chi connectivity index (χ0) is 16.8. The van der Waals surface area contributed by atoms with Crippen LogP contribution < -0.4 is 5.43 Å². The fourth-order valence-corrected chi connectivity index (χ4v) is 2.00. The van der Waals surface area contributed by atoms with Gasteiger partial charge in [0.25, 0.3) is 5.91 Å². The van der Waals surface area contributed by atoms with Crippen molar-refractivity contribution in [3.8, 4) is 17.4 Å². The van der Waals surface area contributed by atoms with Gasteiger partial charge in [-0.3, -0.25) is 9.78 Å². The van der Waals surface area contributed by atoms with Gasteiger partial charge in [0.2, 0.25) is 0 Å². The lowest BCUT2D eigenvalue weighted by atomic mass is 10.1. The van der Waals surface area contributed by atoms with Crippen molar-refractivity contribution in [1.82, 2.24) is 10.4 Å². The Morgan fingerprint density at radius 3 is 2.71 bits per heavy atom. The molecule has 3 rings (SSSR count). The van der Waals surface area contributed by atoms with Crippen LogP contribution in [-0.4, -0.2) is 17.1 Å². The fourth-order valence-electron chi connectivity index (χ4n) is 2.00. The summed E-state index contributed by atoms with van der Waals surface area (Å²) in [7, 11) is 0. The molecule has 0 fully saturated rings. The maximum Gasteiger partial charge on any atom is 0.289 e. The van der Waals surface area contributed by atoms with E-state index in [0.717, 1.165) is 5.56 Å². The van der Waals surface area contributed by atoms with E-state index in [1.807, 2.05) is 0 Å². The summed E-state index contributed by atoms with van der Waals surface area (Å²) in [5, 5.41) is 12.6. The number of nitriles is 1. The Kier molecular flexibility index (Phi) is 4.45. The van der Waals surface area contributed by atoms with Crippen LogP contribution >= 0.6 is 0 Å². The summed E-state index contributed by atoms with van der Waals surface area (Å²) in [5.41, 5.74) is 4.11. The summed E-state index contributed by atoms with van der Waals surface area (Å²) in [5.74, 6) is 0.749. The van der Waals surface area contributed by atoms with Gasteiger partial charge in [0.1, 0.15) is 17.2 Å². The van der Waals surface area contributed by atoms with E-state index in [2.05, 4.69) is 21.6 Å². The molecule has 0 bridgehead atoms. The Hall–Kier alpha value is -3.72. The molecule has 0 radical (unpaired) electrons. The van der Waals surface area contributed by atoms with E-state index >= 15 is 0 Å². The number of aromatic nitrogens is 1. The van der Waals surface area contributed by atoms with Crippen molar-refractivity contribution >= 4 is 12.1 Å². The highest BCUT2D eigenvalue weighted by molar-refractivity contribution is 5.92. The zero-order valence-corrected chi connectivity index (χ0v) is 12.5. The van der Waals surface area contributed by atoms with E-state index in [9.17, 15) is 4.79 Å². The number of pyridine rings is 1. The molecule has 0 spiro atoms. The number of benzene rings is 1. The van der Waals surface area contributed by atoms with Crippen LogP contribution in [0.1, 0.15) is 21.8 Å². The van der Waals surface area contributed by atoms with E-state index in [0.29, 0.717) is 17.1 Å². The molecule has 0 aliphatic carbocycles. The Morgan fingerprint density at radius 2 is 2.00 bits per heavy atom. The van der Waals surface area contributed by atoms with Gasteiger partial charge in [-0.15, -0.1) is 0 Å². The standard InChI is InChI=1S/C18H12N4O2/c19-11-13-4-6-14(7-5-13)17-9-8-15(24-17)12-21-22-18(23)16-3-1-2-10-20-16/h1-10,12H,(H,22,23)/b21-12+. The van der Waals surface area contributed by atoms with Gasteiger partial charge in [-0.05, 0) is 48.5 Å². The first-order chi connectivity index (χ1) is 11.8. The molecule has 0 atom stereocenters. The second-order valence-corrected chi connectivity index (χ2v) is 4.81. The van der Waals surface area contributed by atoms with Crippen LogP contribution in [0.5, 0.6) is 0 Å². The molecule has 1 aromatic carbocycles. The van der Waals surface area contributed by atoms with Gasteiger partial charge in [0.05, 0.1) is 17.8 Å². The summed E-state index contributed by atoms with van der Waals surface area (Å²) >= 11 is 0. The summed E-state index contributed by atoms with van der Waals surface area (Å²) in [6, 6.07) is 17.7. The van der Waals surface area contributed by atoms with Crippen molar-refractivity contribution in [2.75, 3.05) is 0 Å². The first kappa shape index (κ1) is 15.2. The number of nitrogens with one attached hydrogen (secondary N) is 1. The number of amides is 1. The number of carbonyl (C=O) groups is 1. The van der Waals surface area contributed by atoms with Gasteiger partial charge >= 0.3 is 0 Å². The molecule has 116 valence electrons. The quantitative estimate of drug-likeness (QED) is 0.591. The first-order valence-corrected chi connectivity index (χ1v) is 7.11. The number of furan rings is 1. The van der Waals surface area contributed by atoms with Crippen LogP contribution in [0.15, 0.2) is 70.3 Å². The smallest absolute Gasteiger partial charge is 0.289 e. The summed E-state index contributed by atoms with van der Waals surface area (Å²) in [4.78, 5) is 15.7. The fraction of sp³-hybridized carbons (Fsp3) is 0. The average Bonchev–Trinajstić information content (AvgIpc) is 3.11. The van der Waals surface area contributed by atoms with E-state index in [-0.39, 0.29) is 5.69 Å². The lowest BCUT2D eigenvalue weighted by Crippen LogP contribution is -2.18. The van der Waals surface area contributed by atoms with Crippen molar-refractivity contribution in [2.45, 2.75) is 0 Å². The second kappa shape index (κ2) is 7.03. The number of hydrogen-bond acceptors (Lipinski definition) is 5. The minimum Gasteiger partial charge on any atom is -0.455 e. The Balaban J connectivity index is 1.65. The lowest BCUT2D eigenvalue weighted by molar-refractivity contribution is 0.0950. The van der Waals surface area contributed by atoms with Crippen LogP contribution in [-0.2, 0) is 0 Å². The SMILES string of the molecule is N#Cc1ccc(-c2ccc(/C=N/NC(=O)c3ccccn3)o2)cc1. The van der Waals surface area contributed by atoms with E-state index < -0.39 is 5.91 Å². The molecule has 1 N–H and O–H groups in total. The van der Waals surface area contributed by atoms with Crippen LogP contribution in [0.4, 0.5) is 0 Å². The minimum absolute atomic E-state index is 0.285. The van der Waals surface area contributed by atoms with Gasteiger partial charge in [0.15, 0.2) is 0 Å². The average molecular weight is 316 g/mol. The van der Waals surface area contributed by atoms with E-state index in [4.69, 9.17) is 9.68 Å². The molecule has 24 heavy (non-hydrogen) atoms. The van der Waals surface area contributed by atoms with Gasteiger partial charge in [-0.2, -0.15) is 10.4 Å². The van der Waals surface area contributed by atoms with Crippen molar-refractivity contribution in [1.29, 1.82) is 5.26 Å². The van der Waals surface area contributed by atoms with Crippen molar-refractivity contribution < 1.29 is 9.21 Å². The van der Waals surface area contributed by atoms with Crippen molar-refractivity contribution in [2.24, 2.45) is 5.10 Å². The molecule has 1 amide bonds. The van der Waals surface area contributed by atoms with Gasteiger partial charge in [0, 0.05) is 11.8 Å². The predicted molar refractivity (Wildman–Crippen MR) is 88.2 cm³/mol. The molecule has 0 aliphatic heterocycles. The number of nitrogens with zero attached hydrogens (tertiary/aromatic N) is 3. The predicted octanol–water partition coefficient (Wildman–Crippen LogP) is 2.98. The number of hydrazone groups is 1. The van der Waals surface area contributed by atoms with Gasteiger partial charge < -0.3 is 4.42 Å². The van der Waals surface area contributed by atoms with Crippen molar-refractivity contribution in [3.63, 3.8) is 0 Å². The third-order valence-corrected chi connectivity index (χ3v) is 3.18. The summed E-state index contributed by atoms with van der Waals surface area (Å²) in [6.45, 7) is 0. The molecule has 0 unspecified atom stereocenters. The normalized spacial score (nSPS) is 10.5. The zero-order valence-electron chi connectivity index (χ0n) is 12.5.